The van der Waals surface area contributed by atoms with E-state index in [9.17, 15) is 9.90 Å². The Bertz CT molecular complexity index is 455. The van der Waals surface area contributed by atoms with Gasteiger partial charge in [0.2, 0.25) is 5.91 Å². The number of aryl methyl sites for hydroxylation is 1. The van der Waals surface area contributed by atoms with Gasteiger partial charge in [0.1, 0.15) is 0 Å². The van der Waals surface area contributed by atoms with Crippen molar-refractivity contribution in [2.75, 3.05) is 0 Å². The van der Waals surface area contributed by atoms with Crippen molar-refractivity contribution in [1.82, 2.24) is 5.32 Å². The highest BCUT2D eigenvalue weighted by molar-refractivity contribution is 5.78. The summed E-state index contributed by atoms with van der Waals surface area (Å²) in [5, 5.41) is 13.0. The molecule has 2 rings (SSSR count). The standard InChI is InChI=1S/C17H23NO2/c1-13(7-8-14-5-3-2-4-6-14)16(19)11-9-15-10-12-17(20)18-15/h2-6,9,11,13,15-16,19H,7-8,10,12H2,1H3,(H,18,20)/b11-9+/t13-,15-,16-/m0/s1. The fourth-order valence-electron chi connectivity index (χ4n) is 2.43. The average molecular weight is 273 g/mol. The van der Waals surface area contributed by atoms with E-state index in [1.165, 1.54) is 5.56 Å². The van der Waals surface area contributed by atoms with Crippen LogP contribution in [-0.4, -0.2) is 23.2 Å². The summed E-state index contributed by atoms with van der Waals surface area (Å²) < 4.78 is 0. The quantitative estimate of drug-likeness (QED) is 0.782. The molecule has 0 aromatic heterocycles. The summed E-state index contributed by atoms with van der Waals surface area (Å²) in [5.74, 6) is 0.315. The number of carbonyl (C=O) groups is 1. The smallest absolute Gasteiger partial charge is 0.220 e. The highest BCUT2D eigenvalue weighted by Gasteiger charge is 2.18. The summed E-state index contributed by atoms with van der Waals surface area (Å²) in [6.07, 6.45) is 6.66. The van der Waals surface area contributed by atoms with Crippen molar-refractivity contribution in [2.24, 2.45) is 5.92 Å². The minimum Gasteiger partial charge on any atom is -0.389 e. The Labute approximate surface area is 120 Å². The first-order valence-corrected chi connectivity index (χ1v) is 7.35. The van der Waals surface area contributed by atoms with E-state index in [1.807, 2.05) is 30.4 Å². The summed E-state index contributed by atoms with van der Waals surface area (Å²) in [7, 11) is 0. The Hall–Kier alpha value is -1.61. The first-order chi connectivity index (χ1) is 9.65. The lowest BCUT2D eigenvalue weighted by molar-refractivity contribution is -0.119. The van der Waals surface area contributed by atoms with Gasteiger partial charge in [-0.15, -0.1) is 0 Å². The van der Waals surface area contributed by atoms with Crippen LogP contribution in [0, 0.1) is 5.92 Å². The topological polar surface area (TPSA) is 49.3 Å². The number of nitrogens with one attached hydrogen (secondary N) is 1. The van der Waals surface area contributed by atoms with E-state index in [1.54, 1.807) is 0 Å². The molecule has 108 valence electrons. The third-order valence-electron chi connectivity index (χ3n) is 3.88. The molecule has 3 atom stereocenters. The monoisotopic (exact) mass is 273 g/mol. The number of hydrogen-bond donors (Lipinski definition) is 2. The van der Waals surface area contributed by atoms with Crippen molar-refractivity contribution < 1.29 is 9.90 Å². The largest absolute Gasteiger partial charge is 0.389 e. The maximum absolute atomic E-state index is 11.1. The van der Waals surface area contributed by atoms with Gasteiger partial charge < -0.3 is 10.4 Å². The zero-order valence-electron chi connectivity index (χ0n) is 12.0. The van der Waals surface area contributed by atoms with Gasteiger partial charge in [-0.1, -0.05) is 49.4 Å². The minimum absolute atomic E-state index is 0.0958. The highest BCUT2D eigenvalue weighted by Crippen LogP contribution is 2.15. The molecule has 1 amide bonds. The molecule has 1 aromatic rings. The molecule has 2 N–H and O–H groups in total. The molecule has 1 aliphatic rings. The molecule has 0 unspecified atom stereocenters. The van der Waals surface area contributed by atoms with Crippen LogP contribution in [0.15, 0.2) is 42.5 Å². The third-order valence-corrected chi connectivity index (χ3v) is 3.88. The van der Waals surface area contributed by atoms with Crippen molar-refractivity contribution in [3.8, 4) is 0 Å². The summed E-state index contributed by atoms with van der Waals surface area (Å²) in [4.78, 5) is 11.1. The molecule has 1 aliphatic heterocycles. The number of hydrogen-bond acceptors (Lipinski definition) is 2. The van der Waals surface area contributed by atoms with Crippen molar-refractivity contribution in [3.05, 3.63) is 48.0 Å². The van der Waals surface area contributed by atoms with Gasteiger partial charge >= 0.3 is 0 Å². The molecule has 1 saturated heterocycles. The molecule has 0 saturated carbocycles. The number of aliphatic hydroxyl groups is 1. The SMILES string of the molecule is C[C@@H](CCc1ccccc1)[C@@H](O)/C=C/[C@H]1CCC(=O)N1. The molecular formula is C17H23NO2. The maximum Gasteiger partial charge on any atom is 0.220 e. The van der Waals surface area contributed by atoms with Crippen LogP contribution < -0.4 is 5.32 Å². The van der Waals surface area contributed by atoms with Crippen LogP contribution in [0.4, 0.5) is 0 Å². The molecule has 0 radical (unpaired) electrons. The van der Waals surface area contributed by atoms with Gasteiger partial charge in [0.25, 0.3) is 0 Å². The molecule has 20 heavy (non-hydrogen) atoms. The van der Waals surface area contributed by atoms with Crippen molar-refractivity contribution in [3.63, 3.8) is 0 Å². The Morgan fingerprint density at radius 1 is 1.40 bits per heavy atom. The summed E-state index contributed by atoms with van der Waals surface area (Å²) in [6, 6.07) is 10.4. The summed E-state index contributed by atoms with van der Waals surface area (Å²) in [6.45, 7) is 2.06. The fraction of sp³-hybridized carbons (Fsp3) is 0.471. The van der Waals surface area contributed by atoms with E-state index in [0.29, 0.717) is 6.42 Å². The lowest BCUT2D eigenvalue weighted by atomic mass is 9.95. The van der Waals surface area contributed by atoms with Gasteiger partial charge in [-0.3, -0.25) is 4.79 Å². The van der Waals surface area contributed by atoms with E-state index in [2.05, 4.69) is 24.4 Å². The van der Waals surface area contributed by atoms with E-state index in [4.69, 9.17) is 0 Å². The van der Waals surface area contributed by atoms with Crippen molar-refractivity contribution >= 4 is 5.91 Å². The first-order valence-electron chi connectivity index (χ1n) is 7.35. The van der Waals surface area contributed by atoms with E-state index < -0.39 is 6.10 Å². The van der Waals surface area contributed by atoms with Crippen LogP contribution in [0.25, 0.3) is 0 Å². The third kappa shape index (κ3) is 4.49. The number of amides is 1. The molecule has 1 fully saturated rings. The molecule has 1 aromatic carbocycles. The van der Waals surface area contributed by atoms with Crippen molar-refractivity contribution in [1.29, 1.82) is 0 Å². The Balaban J connectivity index is 1.75. The Kier molecular flexibility index (Phi) is 5.36. The Morgan fingerprint density at radius 3 is 2.80 bits per heavy atom. The molecule has 0 aliphatic carbocycles. The lowest BCUT2D eigenvalue weighted by Gasteiger charge is -2.16. The van der Waals surface area contributed by atoms with Crippen LogP contribution in [0.3, 0.4) is 0 Å². The van der Waals surface area contributed by atoms with E-state index in [-0.39, 0.29) is 17.9 Å². The van der Waals surface area contributed by atoms with Gasteiger partial charge in [0.15, 0.2) is 0 Å². The van der Waals surface area contributed by atoms with Crippen LogP contribution in [-0.2, 0) is 11.2 Å². The summed E-state index contributed by atoms with van der Waals surface area (Å²) >= 11 is 0. The van der Waals surface area contributed by atoms with Gasteiger partial charge in [0.05, 0.1) is 6.10 Å². The number of benzene rings is 1. The van der Waals surface area contributed by atoms with Gasteiger partial charge in [-0.05, 0) is 30.7 Å². The van der Waals surface area contributed by atoms with E-state index >= 15 is 0 Å². The lowest BCUT2D eigenvalue weighted by Crippen LogP contribution is -2.24. The second-order valence-electron chi connectivity index (χ2n) is 5.59. The molecule has 1 heterocycles. The number of rotatable bonds is 6. The minimum atomic E-state index is -0.448. The molecule has 0 spiro atoms. The highest BCUT2D eigenvalue weighted by atomic mass is 16.3. The summed E-state index contributed by atoms with van der Waals surface area (Å²) in [5.41, 5.74) is 1.30. The zero-order chi connectivity index (χ0) is 14.4. The molecule has 0 bridgehead atoms. The van der Waals surface area contributed by atoms with Crippen LogP contribution in [0.5, 0.6) is 0 Å². The van der Waals surface area contributed by atoms with Crippen LogP contribution in [0.1, 0.15) is 31.7 Å². The predicted molar refractivity (Wildman–Crippen MR) is 80.2 cm³/mol. The van der Waals surface area contributed by atoms with Crippen molar-refractivity contribution in [2.45, 2.75) is 44.8 Å². The van der Waals surface area contributed by atoms with Gasteiger partial charge in [0, 0.05) is 12.5 Å². The van der Waals surface area contributed by atoms with Gasteiger partial charge in [-0.2, -0.15) is 0 Å². The predicted octanol–water partition coefficient (Wildman–Crippen LogP) is 2.45. The number of aliphatic hydroxyl groups excluding tert-OH is 1. The second kappa shape index (κ2) is 7.25. The van der Waals surface area contributed by atoms with E-state index in [0.717, 1.165) is 19.3 Å². The van der Waals surface area contributed by atoms with Crippen LogP contribution in [0.2, 0.25) is 0 Å². The first kappa shape index (κ1) is 14.8. The fourth-order valence-corrected chi connectivity index (χ4v) is 2.43. The number of carbonyl (C=O) groups excluding carboxylic acids is 1. The Morgan fingerprint density at radius 2 is 2.15 bits per heavy atom. The molecule has 3 nitrogen and oxygen atoms in total. The van der Waals surface area contributed by atoms with Gasteiger partial charge in [-0.25, -0.2) is 0 Å². The average Bonchev–Trinajstić information content (AvgIpc) is 2.89. The normalized spacial score (nSPS) is 21.9. The van der Waals surface area contributed by atoms with Crippen LogP contribution >= 0.6 is 0 Å². The molecular weight excluding hydrogens is 250 g/mol. The second-order valence-corrected chi connectivity index (χ2v) is 5.59. The maximum atomic E-state index is 11.1. The zero-order valence-corrected chi connectivity index (χ0v) is 12.0. The molecule has 3 heteroatoms.